The Hall–Kier alpha value is -4.15. The number of benzene rings is 2. The zero-order valence-corrected chi connectivity index (χ0v) is 16.7. The normalized spacial score (nSPS) is 12.9. The van der Waals surface area contributed by atoms with Crippen LogP contribution in [0.2, 0.25) is 0 Å². The van der Waals surface area contributed by atoms with E-state index in [0.717, 1.165) is 5.56 Å². The maximum absolute atomic E-state index is 13.0. The number of nitrogens with zero attached hydrogens (tertiary/aromatic N) is 3. The third kappa shape index (κ3) is 4.17. The number of rotatable bonds is 7. The predicted octanol–water partition coefficient (Wildman–Crippen LogP) is 2.36. The number of carbonyl (C=O) groups excluding carboxylic acids is 1. The molecular formula is C22H19N5O5. The Morgan fingerprint density at radius 1 is 1.16 bits per heavy atom. The van der Waals surface area contributed by atoms with Gasteiger partial charge in [-0.15, -0.1) is 0 Å². The molecule has 2 aromatic carbocycles. The fourth-order valence-corrected chi connectivity index (χ4v) is 3.35. The summed E-state index contributed by atoms with van der Waals surface area (Å²) < 4.78 is 0. The highest BCUT2D eigenvalue weighted by molar-refractivity contribution is 6.05. The molecular weight excluding hydrogens is 414 g/mol. The van der Waals surface area contributed by atoms with Gasteiger partial charge in [0.2, 0.25) is 0 Å². The quantitative estimate of drug-likeness (QED) is 0.258. The maximum Gasteiger partial charge on any atom is 0.269 e. The van der Waals surface area contributed by atoms with Gasteiger partial charge in [0.25, 0.3) is 11.6 Å². The molecule has 0 unspecified atom stereocenters. The van der Waals surface area contributed by atoms with Crippen LogP contribution in [-0.4, -0.2) is 48.6 Å². The molecule has 32 heavy (non-hydrogen) atoms. The number of pyridine rings is 1. The SMILES string of the molecule is O=C(N[C@H](CO)[C@H](O)c1ccc([N+](=O)[O-])cc1)c1cccc2[nH]c(-c3cccnc3)nc12. The Morgan fingerprint density at radius 3 is 2.59 bits per heavy atom. The van der Waals surface area contributed by atoms with E-state index in [1.165, 1.54) is 24.3 Å². The molecule has 4 rings (SSSR count). The molecule has 0 fully saturated rings. The molecule has 2 heterocycles. The highest BCUT2D eigenvalue weighted by Crippen LogP contribution is 2.24. The molecule has 1 amide bonds. The summed E-state index contributed by atoms with van der Waals surface area (Å²) in [6.45, 7) is -0.540. The minimum absolute atomic E-state index is 0.125. The lowest BCUT2D eigenvalue weighted by atomic mass is 10.0. The van der Waals surface area contributed by atoms with Crippen molar-refractivity contribution < 1.29 is 19.9 Å². The van der Waals surface area contributed by atoms with Crippen molar-refractivity contribution in [1.82, 2.24) is 20.3 Å². The van der Waals surface area contributed by atoms with Gasteiger partial charge < -0.3 is 20.5 Å². The number of aromatic amines is 1. The van der Waals surface area contributed by atoms with E-state index in [1.54, 1.807) is 36.7 Å². The molecule has 10 heteroatoms. The molecule has 0 aliphatic rings. The average molecular weight is 433 g/mol. The Morgan fingerprint density at radius 2 is 1.94 bits per heavy atom. The molecule has 0 saturated heterocycles. The summed E-state index contributed by atoms with van der Waals surface area (Å²) in [7, 11) is 0. The Bertz CT molecular complexity index is 1260. The molecule has 0 aliphatic carbocycles. The summed E-state index contributed by atoms with van der Waals surface area (Å²) in [5, 5.41) is 33.8. The van der Waals surface area contributed by atoms with Gasteiger partial charge in [-0.2, -0.15) is 0 Å². The first kappa shape index (κ1) is 21.1. The Balaban J connectivity index is 1.58. The van der Waals surface area contributed by atoms with Gasteiger partial charge in [-0.25, -0.2) is 4.98 Å². The Labute approximate surface area is 181 Å². The van der Waals surface area contributed by atoms with Gasteiger partial charge in [0, 0.05) is 30.1 Å². The summed E-state index contributed by atoms with van der Waals surface area (Å²) in [6, 6.07) is 12.9. The lowest BCUT2D eigenvalue weighted by Crippen LogP contribution is -2.42. The molecule has 0 spiro atoms. The molecule has 162 valence electrons. The van der Waals surface area contributed by atoms with E-state index in [9.17, 15) is 25.1 Å². The molecule has 0 radical (unpaired) electrons. The van der Waals surface area contributed by atoms with Crippen LogP contribution in [0.1, 0.15) is 22.0 Å². The van der Waals surface area contributed by atoms with Crippen LogP contribution in [0.15, 0.2) is 67.0 Å². The van der Waals surface area contributed by atoms with Gasteiger partial charge >= 0.3 is 0 Å². The number of para-hydroxylation sites is 1. The predicted molar refractivity (Wildman–Crippen MR) is 116 cm³/mol. The van der Waals surface area contributed by atoms with E-state index in [0.29, 0.717) is 22.4 Å². The first-order valence-corrected chi connectivity index (χ1v) is 9.71. The molecule has 4 aromatic rings. The highest BCUT2D eigenvalue weighted by atomic mass is 16.6. The van der Waals surface area contributed by atoms with Gasteiger partial charge in [-0.3, -0.25) is 19.9 Å². The number of nitro groups is 1. The minimum atomic E-state index is -1.27. The number of H-pyrrole nitrogens is 1. The number of aliphatic hydroxyl groups excluding tert-OH is 2. The van der Waals surface area contributed by atoms with E-state index < -0.39 is 29.6 Å². The summed E-state index contributed by atoms with van der Waals surface area (Å²) >= 11 is 0. The topological polar surface area (TPSA) is 154 Å². The molecule has 0 saturated carbocycles. The van der Waals surface area contributed by atoms with Crippen molar-refractivity contribution >= 4 is 22.6 Å². The standard InChI is InChI=1S/C22H19N5O5/c28-12-18(20(29)13-6-8-15(9-7-13)27(31)32)25-22(30)16-4-1-5-17-19(16)26-21(24-17)14-3-2-10-23-11-14/h1-11,18,20,28-29H,12H2,(H,24,26)(H,25,30)/t18-,20-/m1/s1. The molecule has 0 aliphatic heterocycles. The molecule has 10 nitrogen and oxygen atoms in total. The van der Waals surface area contributed by atoms with Crippen molar-refractivity contribution in [2.75, 3.05) is 6.61 Å². The third-order valence-electron chi connectivity index (χ3n) is 5.03. The second kappa shape index (κ2) is 8.92. The van der Waals surface area contributed by atoms with Crippen LogP contribution >= 0.6 is 0 Å². The number of imidazole rings is 1. The summed E-state index contributed by atoms with van der Waals surface area (Å²) in [6.07, 6.45) is 2.03. The van der Waals surface area contributed by atoms with Crippen LogP contribution in [0.5, 0.6) is 0 Å². The monoisotopic (exact) mass is 433 g/mol. The number of non-ortho nitro benzene ring substituents is 1. The number of hydrogen-bond acceptors (Lipinski definition) is 7. The van der Waals surface area contributed by atoms with Gasteiger partial charge in [-0.1, -0.05) is 6.07 Å². The Kier molecular flexibility index (Phi) is 5.88. The lowest BCUT2D eigenvalue weighted by Gasteiger charge is -2.22. The lowest BCUT2D eigenvalue weighted by molar-refractivity contribution is -0.384. The number of carbonyl (C=O) groups is 1. The van der Waals surface area contributed by atoms with E-state index in [4.69, 9.17) is 0 Å². The van der Waals surface area contributed by atoms with Gasteiger partial charge in [-0.05, 0) is 42.0 Å². The van der Waals surface area contributed by atoms with E-state index in [1.807, 2.05) is 6.07 Å². The molecule has 2 atom stereocenters. The summed E-state index contributed by atoms with van der Waals surface area (Å²) in [5.41, 5.74) is 2.31. The van der Waals surface area contributed by atoms with Gasteiger partial charge in [0.05, 0.1) is 28.7 Å². The number of nitrogens with one attached hydrogen (secondary N) is 2. The number of hydrogen-bond donors (Lipinski definition) is 4. The van der Waals surface area contributed by atoms with E-state index in [-0.39, 0.29) is 11.3 Å². The second-order valence-electron chi connectivity index (χ2n) is 7.08. The van der Waals surface area contributed by atoms with Crippen molar-refractivity contribution in [3.8, 4) is 11.4 Å². The number of nitro benzene ring substituents is 1. The number of amides is 1. The van der Waals surface area contributed by atoms with Gasteiger partial charge in [0.1, 0.15) is 17.4 Å². The number of aliphatic hydroxyl groups is 2. The smallest absolute Gasteiger partial charge is 0.269 e. The largest absolute Gasteiger partial charge is 0.394 e. The number of fused-ring (bicyclic) bond motifs is 1. The molecule has 4 N–H and O–H groups in total. The second-order valence-corrected chi connectivity index (χ2v) is 7.08. The van der Waals surface area contributed by atoms with Crippen molar-refractivity contribution in [1.29, 1.82) is 0 Å². The van der Waals surface area contributed by atoms with E-state index in [2.05, 4.69) is 20.3 Å². The van der Waals surface area contributed by atoms with Crippen molar-refractivity contribution in [3.05, 3.63) is 88.2 Å². The third-order valence-corrected chi connectivity index (χ3v) is 5.03. The summed E-state index contributed by atoms with van der Waals surface area (Å²) in [5.74, 6) is 0.0258. The average Bonchev–Trinajstić information content (AvgIpc) is 3.27. The zero-order valence-electron chi connectivity index (χ0n) is 16.7. The molecule has 0 bridgehead atoms. The maximum atomic E-state index is 13.0. The van der Waals surface area contributed by atoms with Crippen LogP contribution < -0.4 is 5.32 Å². The van der Waals surface area contributed by atoms with Crippen molar-refractivity contribution in [2.45, 2.75) is 12.1 Å². The summed E-state index contributed by atoms with van der Waals surface area (Å²) in [4.78, 5) is 35.0. The number of aromatic nitrogens is 3. The zero-order chi connectivity index (χ0) is 22.7. The fraction of sp³-hybridized carbons (Fsp3) is 0.136. The highest BCUT2D eigenvalue weighted by Gasteiger charge is 2.25. The van der Waals surface area contributed by atoms with Crippen LogP contribution in [0.3, 0.4) is 0 Å². The van der Waals surface area contributed by atoms with Crippen LogP contribution in [0, 0.1) is 10.1 Å². The van der Waals surface area contributed by atoms with Crippen molar-refractivity contribution in [2.24, 2.45) is 0 Å². The van der Waals surface area contributed by atoms with Crippen LogP contribution in [-0.2, 0) is 0 Å². The van der Waals surface area contributed by atoms with Crippen LogP contribution in [0.25, 0.3) is 22.4 Å². The van der Waals surface area contributed by atoms with E-state index >= 15 is 0 Å². The van der Waals surface area contributed by atoms with Crippen LogP contribution in [0.4, 0.5) is 5.69 Å². The fourth-order valence-electron chi connectivity index (χ4n) is 3.35. The molecule has 2 aromatic heterocycles. The first-order chi connectivity index (χ1) is 15.5. The minimum Gasteiger partial charge on any atom is -0.394 e. The van der Waals surface area contributed by atoms with Gasteiger partial charge in [0.15, 0.2) is 0 Å². The van der Waals surface area contributed by atoms with Crippen molar-refractivity contribution in [3.63, 3.8) is 0 Å². The first-order valence-electron chi connectivity index (χ1n) is 9.71.